The molecule has 2 aromatic rings. The molecule has 1 aromatic carbocycles. The van der Waals surface area contributed by atoms with Crippen LogP contribution in [0, 0.1) is 5.82 Å². The van der Waals surface area contributed by atoms with Crippen molar-refractivity contribution < 1.29 is 4.39 Å². The van der Waals surface area contributed by atoms with Crippen molar-refractivity contribution in [2.24, 2.45) is 0 Å². The highest BCUT2D eigenvalue weighted by atomic mass is 79.9. The zero-order chi connectivity index (χ0) is 11.5. The van der Waals surface area contributed by atoms with Crippen molar-refractivity contribution in [1.82, 2.24) is 0 Å². The van der Waals surface area contributed by atoms with Crippen molar-refractivity contribution in [3.8, 4) is 0 Å². The van der Waals surface area contributed by atoms with Gasteiger partial charge in [-0.25, -0.2) is 4.39 Å². The first kappa shape index (κ1) is 11.9. The van der Waals surface area contributed by atoms with Crippen LogP contribution < -0.4 is 5.32 Å². The van der Waals surface area contributed by atoms with Crippen LogP contribution >= 0.6 is 38.9 Å². The van der Waals surface area contributed by atoms with Crippen molar-refractivity contribution in [3.63, 3.8) is 0 Å². The van der Waals surface area contributed by atoms with E-state index in [1.807, 2.05) is 12.1 Å². The minimum Gasteiger partial charge on any atom is -0.377 e. The molecule has 1 aromatic heterocycles. The third-order valence-electron chi connectivity index (χ3n) is 2.03. The summed E-state index contributed by atoms with van der Waals surface area (Å²) in [4.78, 5) is 1.12. The number of nitrogens with one attached hydrogen (secondary N) is 1. The van der Waals surface area contributed by atoms with Crippen LogP contribution in [0.3, 0.4) is 0 Å². The molecule has 0 aliphatic rings. The summed E-state index contributed by atoms with van der Waals surface area (Å²) in [6, 6.07) is 8.58. The molecule has 1 heterocycles. The maximum atomic E-state index is 13.4. The molecule has 5 heteroatoms. The Morgan fingerprint density at radius 1 is 1.31 bits per heavy atom. The van der Waals surface area contributed by atoms with Crippen LogP contribution in [0.25, 0.3) is 0 Å². The number of halogens is 3. The molecule has 0 saturated heterocycles. The summed E-state index contributed by atoms with van der Waals surface area (Å²) in [5.41, 5.74) is 0.355. The van der Waals surface area contributed by atoms with Gasteiger partial charge < -0.3 is 5.32 Å². The minimum absolute atomic E-state index is 0.330. The highest BCUT2D eigenvalue weighted by molar-refractivity contribution is 9.11. The Morgan fingerprint density at radius 2 is 2.12 bits per heavy atom. The van der Waals surface area contributed by atoms with Crippen LogP contribution in [0.2, 0.25) is 5.02 Å². The standard InChI is InChI=1S/C11H8BrClFNS/c12-10-5-4-7(16-10)6-15-11-8(13)2-1-3-9(11)14/h1-5,15H,6H2. The molecule has 0 amide bonds. The fraction of sp³-hybridized carbons (Fsp3) is 0.0909. The van der Waals surface area contributed by atoms with Gasteiger partial charge in [0.25, 0.3) is 0 Å². The van der Waals surface area contributed by atoms with Gasteiger partial charge in [-0.3, -0.25) is 0 Å². The Kier molecular flexibility index (Phi) is 3.84. The molecular weight excluding hydrogens is 313 g/mol. The Bertz CT molecular complexity index is 480. The van der Waals surface area contributed by atoms with E-state index in [0.29, 0.717) is 17.3 Å². The molecule has 16 heavy (non-hydrogen) atoms. The third kappa shape index (κ3) is 2.75. The average Bonchev–Trinajstić information content (AvgIpc) is 2.63. The predicted molar refractivity (Wildman–Crippen MR) is 70.8 cm³/mol. The zero-order valence-electron chi connectivity index (χ0n) is 8.14. The lowest BCUT2D eigenvalue weighted by atomic mass is 10.3. The monoisotopic (exact) mass is 319 g/mol. The van der Waals surface area contributed by atoms with Crippen LogP contribution in [0.5, 0.6) is 0 Å². The van der Waals surface area contributed by atoms with E-state index < -0.39 is 0 Å². The Morgan fingerprint density at radius 3 is 2.75 bits per heavy atom. The molecule has 0 aliphatic carbocycles. The summed E-state index contributed by atoms with van der Waals surface area (Å²) in [7, 11) is 0. The van der Waals surface area contributed by atoms with Gasteiger partial charge in [0, 0.05) is 11.4 Å². The molecule has 0 fully saturated rings. The van der Waals surface area contributed by atoms with Crippen molar-refractivity contribution in [3.05, 3.63) is 49.8 Å². The molecule has 0 atom stereocenters. The van der Waals surface area contributed by atoms with E-state index in [2.05, 4.69) is 21.2 Å². The van der Waals surface area contributed by atoms with Crippen LogP contribution in [0.15, 0.2) is 34.1 Å². The smallest absolute Gasteiger partial charge is 0.147 e. The van der Waals surface area contributed by atoms with Gasteiger partial charge in [-0.2, -0.15) is 0 Å². The average molecular weight is 321 g/mol. The maximum Gasteiger partial charge on any atom is 0.147 e. The van der Waals surface area contributed by atoms with Crippen LogP contribution in [-0.2, 0) is 6.54 Å². The number of para-hydroxylation sites is 1. The summed E-state index contributed by atoms with van der Waals surface area (Å²) in [5, 5.41) is 3.39. The first-order chi connectivity index (χ1) is 7.66. The van der Waals surface area contributed by atoms with E-state index in [0.717, 1.165) is 8.66 Å². The third-order valence-corrected chi connectivity index (χ3v) is 3.97. The molecule has 2 rings (SSSR count). The molecule has 0 unspecified atom stereocenters. The molecule has 0 saturated carbocycles. The van der Waals surface area contributed by atoms with E-state index in [-0.39, 0.29) is 5.82 Å². The molecule has 1 nitrogen and oxygen atoms in total. The van der Waals surface area contributed by atoms with E-state index in [9.17, 15) is 4.39 Å². The second-order valence-corrected chi connectivity index (χ2v) is 6.11. The van der Waals surface area contributed by atoms with Gasteiger partial charge in [0.2, 0.25) is 0 Å². The quantitative estimate of drug-likeness (QED) is 0.847. The molecule has 0 bridgehead atoms. The number of rotatable bonds is 3. The molecule has 0 aliphatic heterocycles. The van der Waals surface area contributed by atoms with Crippen LogP contribution in [-0.4, -0.2) is 0 Å². The Balaban J connectivity index is 2.10. The minimum atomic E-state index is -0.330. The molecular formula is C11H8BrClFNS. The van der Waals surface area contributed by atoms with E-state index in [1.165, 1.54) is 6.07 Å². The molecule has 1 N–H and O–H groups in total. The second kappa shape index (κ2) is 5.17. The predicted octanol–water partition coefficient (Wildman–Crippen LogP) is 4.92. The van der Waals surface area contributed by atoms with Crippen molar-refractivity contribution in [2.45, 2.75) is 6.54 Å². The lowest BCUT2D eigenvalue weighted by Crippen LogP contribution is -2.00. The van der Waals surface area contributed by atoms with Gasteiger partial charge in [-0.15, -0.1) is 11.3 Å². The SMILES string of the molecule is Fc1cccc(Cl)c1NCc1ccc(Br)s1. The van der Waals surface area contributed by atoms with Gasteiger partial charge >= 0.3 is 0 Å². The second-order valence-electron chi connectivity index (χ2n) is 3.16. The zero-order valence-corrected chi connectivity index (χ0v) is 11.3. The lowest BCUT2D eigenvalue weighted by Gasteiger charge is -2.07. The van der Waals surface area contributed by atoms with E-state index in [4.69, 9.17) is 11.6 Å². The molecule has 0 spiro atoms. The largest absolute Gasteiger partial charge is 0.377 e. The Labute approximate surface area is 110 Å². The topological polar surface area (TPSA) is 12.0 Å². The first-order valence-electron chi connectivity index (χ1n) is 4.59. The highest BCUT2D eigenvalue weighted by Gasteiger charge is 2.06. The van der Waals surface area contributed by atoms with Crippen molar-refractivity contribution in [2.75, 3.05) is 5.32 Å². The Hall–Kier alpha value is -0.580. The summed E-state index contributed by atoms with van der Waals surface area (Å²) in [5.74, 6) is -0.330. The maximum absolute atomic E-state index is 13.4. The first-order valence-corrected chi connectivity index (χ1v) is 6.57. The van der Waals surface area contributed by atoms with Crippen molar-refractivity contribution in [1.29, 1.82) is 0 Å². The van der Waals surface area contributed by atoms with Gasteiger partial charge in [0.1, 0.15) is 5.82 Å². The highest BCUT2D eigenvalue weighted by Crippen LogP contribution is 2.27. The number of hydrogen-bond donors (Lipinski definition) is 1. The number of anilines is 1. The summed E-state index contributed by atoms with van der Waals surface area (Å²) in [6.45, 7) is 0.566. The number of benzene rings is 1. The van der Waals surface area contributed by atoms with Gasteiger partial charge in [0.15, 0.2) is 0 Å². The fourth-order valence-electron chi connectivity index (χ4n) is 1.29. The summed E-state index contributed by atoms with van der Waals surface area (Å²) < 4.78 is 14.5. The number of hydrogen-bond acceptors (Lipinski definition) is 2. The molecule has 0 radical (unpaired) electrons. The number of thiophene rings is 1. The van der Waals surface area contributed by atoms with Gasteiger partial charge in [-0.05, 0) is 40.2 Å². The van der Waals surface area contributed by atoms with Gasteiger partial charge in [0.05, 0.1) is 14.5 Å². The summed E-state index contributed by atoms with van der Waals surface area (Å²) >= 11 is 10.9. The van der Waals surface area contributed by atoms with E-state index in [1.54, 1.807) is 23.5 Å². The van der Waals surface area contributed by atoms with Crippen LogP contribution in [0.1, 0.15) is 4.88 Å². The lowest BCUT2D eigenvalue weighted by molar-refractivity contribution is 0.630. The molecule has 84 valence electrons. The van der Waals surface area contributed by atoms with E-state index >= 15 is 0 Å². The van der Waals surface area contributed by atoms with Crippen LogP contribution in [0.4, 0.5) is 10.1 Å². The fourth-order valence-corrected chi connectivity index (χ4v) is 2.94. The summed E-state index contributed by atoms with van der Waals surface area (Å²) in [6.07, 6.45) is 0. The van der Waals surface area contributed by atoms with Crippen molar-refractivity contribution >= 4 is 44.6 Å². The normalized spacial score (nSPS) is 10.4. The van der Waals surface area contributed by atoms with Gasteiger partial charge in [-0.1, -0.05) is 17.7 Å².